The van der Waals surface area contributed by atoms with Crippen LogP contribution in [0, 0.1) is 20.8 Å². The summed E-state index contributed by atoms with van der Waals surface area (Å²) >= 11 is 0. The van der Waals surface area contributed by atoms with Gasteiger partial charge in [0, 0.05) is 11.8 Å². The maximum atomic E-state index is 13.0. The molecule has 7 nitrogen and oxygen atoms in total. The highest BCUT2D eigenvalue weighted by molar-refractivity contribution is 6.47. The number of hydrogen-bond acceptors (Lipinski definition) is 4. The van der Waals surface area contributed by atoms with Crippen molar-refractivity contribution in [3.8, 4) is 5.69 Å². The number of nitrogens with zero attached hydrogens (tertiary/aromatic N) is 3. The smallest absolute Gasteiger partial charge is 0.302 e. The van der Waals surface area contributed by atoms with Gasteiger partial charge in [-0.3, -0.25) is 14.7 Å². The van der Waals surface area contributed by atoms with Crippen LogP contribution >= 0.6 is 0 Å². The molecule has 0 radical (unpaired) electrons. The molecule has 28 heavy (non-hydrogen) atoms. The van der Waals surface area contributed by atoms with Gasteiger partial charge in [-0.25, -0.2) is 4.68 Å². The number of carbonyl (C=O) groups excluding carboxylic acids is 2. The van der Waals surface area contributed by atoms with Gasteiger partial charge in [0.15, 0.2) is 5.82 Å². The first-order valence-electron chi connectivity index (χ1n) is 8.19. The van der Waals surface area contributed by atoms with E-state index in [-0.39, 0.29) is 28.5 Å². The van der Waals surface area contributed by atoms with E-state index in [1.807, 2.05) is 0 Å². The second-order valence-corrected chi connectivity index (χ2v) is 6.23. The number of aryl methyl sites for hydroxylation is 2. The number of halogens is 3. The van der Waals surface area contributed by atoms with Crippen LogP contribution in [-0.4, -0.2) is 31.7 Å². The van der Waals surface area contributed by atoms with Crippen molar-refractivity contribution in [3.05, 3.63) is 58.5 Å². The molecule has 0 saturated heterocycles. The predicted molar refractivity (Wildman–Crippen MR) is 94.3 cm³/mol. The van der Waals surface area contributed by atoms with E-state index in [0.717, 1.165) is 12.1 Å². The largest absolute Gasteiger partial charge is 0.416 e. The van der Waals surface area contributed by atoms with Crippen LogP contribution in [-0.2, 0) is 11.0 Å². The summed E-state index contributed by atoms with van der Waals surface area (Å²) < 4.78 is 40.1. The van der Waals surface area contributed by atoms with Crippen molar-refractivity contribution < 1.29 is 22.8 Å². The minimum absolute atomic E-state index is 0.0298. The average molecular weight is 391 g/mol. The normalized spacial score (nSPS) is 11.5. The number of ketones is 1. The number of hydrogen-bond donors (Lipinski definition) is 2. The van der Waals surface area contributed by atoms with Gasteiger partial charge in [-0.05, 0) is 39.0 Å². The molecule has 0 aliphatic carbocycles. The summed E-state index contributed by atoms with van der Waals surface area (Å²) in [5, 5.41) is 13.0. The molecule has 3 aromatic rings. The number of alkyl halides is 3. The molecular weight excluding hydrogens is 375 g/mol. The van der Waals surface area contributed by atoms with Crippen molar-refractivity contribution in [3.63, 3.8) is 0 Å². The SMILES string of the molecule is Cc1cc(NC(=O)C(=O)c2c(C)nn(-c3cccc(C(F)(F)F)c3)c2C)n[nH]1. The van der Waals surface area contributed by atoms with Gasteiger partial charge in [-0.15, -0.1) is 0 Å². The first kappa shape index (κ1) is 19.3. The van der Waals surface area contributed by atoms with Gasteiger partial charge in [-0.1, -0.05) is 6.07 Å². The lowest BCUT2D eigenvalue weighted by Crippen LogP contribution is -2.24. The number of nitrogens with one attached hydrogen (secondary N) is 2. The zero-order valence-electron chi connectivity index (χ0n) is 15.2. The lowest BCUT2D eigenvalue weighted by molar-refractivity contribution is -0.137. The van der Waals surface area contributed by atoms with Crippen molar-refractivity contribution in [2.24, 2.45) is 0 Å². The Morgan fingerprint density at radius 2 is 1.86 bits per heavy atom. The molecule has 0 spiro atoms. The fraction of sp³-hybridized carbons (Fsp3) is 0.222. The van der Waals surface area contributed by atoms with Gasteiger partial charge >= 0.3 is 6.18 Å². The lowest BCUT2D eigenvalue weighted by atomic mass is 10.1. The summed E-state index contributed by atoms with van der Waals surface area (Å²) in [5.41, 5.74) is 0.521. The highest BCUT2D eigenvalue weighted by atomic mass is 19.4. The number of Topliss-reactive ketones (excluding diaryl/α,β-unsaturated/α-hetero) is 1. The van der Waals surface area contributed by atoms with E-state index < -0.39 is 23.4 Å². The Morgan fingerprint density at radius 3 is 2.46 bits per heavy atom. The van der Waals surface area contributed by atoms with E-state index in [2.05, 4.69) is 20.6 Å². The minimum Gasteiger partial charge on any atom is -0.302 e. The van der Waals surface area contributed by atoms with Crippen LogP contribution in [0.15, 0.2) is 30.3 Å². The number of rotatable bonds is 4. The fourth-order valence-electron chi connectivity index (χ4n) is 2.81. The zero-order chi connectivity index (χ0) is 20.6. The molecule has 0 aliphatic rings. The standard InChI is InChI=1S/C18H16F3N5O2/c1-9-7-14(24-23-9)22-17(28)16(27)15-10(2)25-26(11(15)3)13-6-4-5-12(8-13)18(19,20)21/h4-8H,1-3H3,(H2,22,23,24,28). The number of benzene rings is 1. The van der Waals surface area contributed by atoms with Gasteiger partial charge in [0.25, 0.3) is 11.7 Å². The second-order valence-electron chi connectivity index (χ2n) is 6.23. The van der Waals surface area contributed by atoms with Crippen molar-refractivity contribution in [1.29, 1.82) is 0 Å². The van der Waals surface area contributed by atoms with Crippen molar-refractivity contribution in [2.45, 2.75) is 26.9 Å². The Bertz CT molecular complexity index is 1070. The molecule has 0 bridgehead atoms. The highest BCUT2D eigenvalue weighted by Crippen LogP contribution is 2.31. The van der Waals surface area contributed by atoms with Crippen molar-refractivity contribution in [1.82, 2.24) is 20.0 Å². The summed E-state index contributed by atoms with van der Waals surface area (Å²) in [5.74, 6) is -1.58. The molecule has 0 atom stereocenters. The van der Waals surface area contributed by atoms with Crippen LogP contribution in [0.5, 0.6) is 0 Å². The quantitative estimate of drug-likeness (QED) is 0.527. The number of anilines is 1. The molecule has 3 rings (SSSR count). The number of aromatic amines is 1. The Balaban J connectivity index is 1.94. The molecule has 1 aromatic carbocycles. The maximum absolute atomic E-state index is 13.0. The third-order valence-corrected chi connectivity index (χ3v) is 4.09. The van der Waals surface area contributed by atoms with Gasteiger partial charge in [-0.2, -0.15) is 23.4 Å². The molecule has 0 saturated carbocycles. The molecule has 0 fully saturated rings. The van der Waals surface area contributed by atoms with E-state index in [1.165, 1.54) is 30.7 Å². The summed E-state index contributed by atoms with van der Waals surface area (Å²) in [7, 11) is 0. The molecule has 1 amide bonds. The first-order chi connectivity index (χ1) is 13.1. The molecule has 2 aromatic heterocycles. The number of carbonyl (C=O) groups is 2. The molecule has 0 aliphatic heterocycles. The Kier molecular flexibility index (Phi) is 4.80. The van der Waals surface area contributed by atoms with Gasteiger partial charge in [0.2, 0.25) is 0 Å². The third-order valence-electron chi connectivity index (χ3n) is 4.09. The number of H-pyrrole nitrogens is 1. The zero-order valence-corrected chi connectivity index (χ0v) is 15.2. The third kappa shape index (κ3) is 3.66. The van der Waals surface area contributed by atoms with Crippen LogP contribution in [0.2, 0.25) is 0 Å². The minimum atomic E-state index is -4.51. The molecule has 146 valence electrons. The van der Waals surface area contributed by atoms with Gasteiger partial charge in [0.05, 0.1) is 28.2 Å². The fourth-order valence-corrected chi connectivity index (χ4v) is 2.81. The molecule has 10 heteroatoms. The van der Waals surface area contributed by atoms with E-state index in [1.54, 1.807) is 13.0 Å². The van der Waals surface area contributed by atoms with Crippen LogP contribution in [0.25, 0.3) is 5.69 Å². The van der Waals surface area contributed by atoms with Crippen LogP contribution in [0.3, 0.4) is 0 Å². The van der Waals surface area contributed by atoms with Crippen molar-refractivity contribution >= 4 is 17.5 Å². The first-order valence-corrected chi connectivity index (χ1v) is 8.19. The van der Waals surface area contributed by atoms with Crippen LogP contribution in [0.4, 0.5) is 19.0 Å². The number of aromatic nitrogens is 4. The summed E-state index contributed by atoms with van der Waals surface area (Å²) in [6.07, 6.45) is -4.51. The monoisotopic (exact) mass is 391 g/mol. The van der Waals surface area contributed by atoms with Crippen LogP contribution in [0.1, 0.15) is 33.0 Å². The number of amides is 1. The highest BCUT2D eigenvalue weighted by Gasteiger charge is 2.31. The Morgan fingerprint density at radius 1 is 1.14 bits per heavy atom. The molecular formula is C18H16F3N5O2. The molecule has 2 N–H and O–H groups in total. The van der Waals surface area contributed by atoms with E-state index in [0.29, 0.717) is 5.69 Å². The van der Waals surface area contributed by atoms with E-state index in [4.69, 9.17) is 0 Å². The summed E-state index contributed by atoms with van der Waals surface area (Å²) in [6.45, 7) is 4.76. The second kappa shape index (κ2) is 6.95. The average Bonchev–Trinajstić information content (AvgIpc) is 3.16. The van der Waals surface area contributed by atoms with Gasteiger partial charge < -0.3 is 5.32 Å². The molecule has 2 heterocycles. The topological polar surface area (TPSA) is 92.7 Å². The maximum Gasteiger partial charge on any atom is 0.416 e. The van der Waals surface area contributed by atoms with Gasteiger partial charge in [0.1, 0.15) is 0 Å². The summed E-state index contributed by atoms with van der Waals surface area (Å²) in [4.78, 5) is 24.8. The Labute approximate surface area is 157 Å². The molecule has 0 unspecified atom stereocenters. The predicted octanol–water partition coefficient (Wildman–Crippen LogP) is 3.36. The van der Waals surface area contributed by atoms with E-state index >= 15 is 0 Å². The Hall–Kier alpha value is -3.43. The van der Waals surface area contributed by atoms with Crippen molar-refractivity contribution in [2.75, 3.05) is 5.32 Å². The van der Waals surface area contributed by atoms with E-state index in [9.17, 15) is 22.8 Å². The lowest BCUT2D eigenvalue weighted by Gasteiger charge is -2.10. The summed E-state index contributed by atoms with van der Waals surface area (Å²) in [6, 6.07) is 6.12. The van der Waals surface area contributed by atoms with Crippen LogP contribution < -0.4 is 5.32 Å².